The van der Waals surface area contributed by atoms with Gasteiger partial charge in [-0.1, -0.05) is 20.8 Å². The molecule has 1 saturated heterocycles. The highest BCUT2D eigenvalue weighted by Gasteiger charge is 2.49. The summed E-state index contributed by atoms with van der Waals surface area (Å²) in [4.78, 5) is 21.7. The van der Waals surface area contributed by atoms with Crippen molar-refractivity contribution in [2.24, 2.45) is 0 Å². The Kier molecular flexibility index (Phi) is 7.96. The lowest BCUT2D eigenvalue weighted by molar-refractivity contribution is -0.123. The number of hydrogen-bond donors (Lipinski definition) is 0. The third-order valence-corrected chi connectivity index (χ3v) is 12.0. The molecule has 1 fully saturated rings. The third kappa shape index (κ3) is 5.30. The number of pyridine rings is 1. The highest BCUT2D eigenvalue weighted by atomic mass is 32.2. The summed E-state index contributed by atoms with van der Waals surface area (Å²) in [5.41, 5.74) is 0.229. The fraction of sp³-hybridized carbons (Fsp3) is 0.636. The Morgan fingerprint density at radius 2 is 1.97 bits per heavy atom. The zero-order valence-electron chi connectivity index (χ0n) is 19.9. The van der Waals surface area contributed by atoms with Crippen LogP contribution in [0.2, 0.25) is 18.1 Å². The zero-order chi connectivity index (χ0) is 23.6. The Morgan fingerprint density at radius 1 is 1.32 bits per heavy atom. The molecule has 1 aliphatic rings. The van der Waals surface area contributed by atoms with Crippen LogP contribution in [0.3, 0.4) is 0 Å². The summed E-state index contributed by atoms with van der Waals surface area (Å²) in [6.07, 6.45) is 5.24. The normalized spacial score (nSPS) is 16.7. The first-order valence-corrected chi connectivity index (χ1v) is 15.1. The van der Waals surface area contributed by atoms with Crippen molar-refractivity contribution in [3.8, 4) is 6.07 Å². The van der Waals surface area contributed by atoms with E-state index in [1.54, 1.807) is 11.1 Å². The maximum Gasteiger partial charge on any atom is 0.258 e. The average Bonchev–Trinajstić information content (AvgIpc) is 2.85. The average molecular weight is 479 g/mol. The van der Waals surface area contributed by atoms with Crippen molar-refractivity contribution in [2.75, 3.05) is 24.3 Å². The predicted molar refractivity (Wildman–Crippen MR) is 134 cm³/mol. The monoisotopic (exact) mass is 478 g/mol. The number of nitrogens with zero attached hydrogens (tertiary/aromatic N) is 4. The van der Waals surface area contributed by atoms with Crippen LogP contribution in [0.1, 0.15) is 53.2 Å². The molecule has 0 unspecified atom stereocenters. The van der Waals surface area contributed by atoms with E-state index in [9.17, 15) is 10.1 Å². The van der Waals surface area contributed by atoms with Crippen molar-refractivity contribution in [3.05, 3.63) is 18.0 Å². The lowest BCUT2D eigenvalue weighted by Crippen LogP contribution is -2.44. The molecule has 0 bridgehead atoms. The molecule has 0 spiro atoms. The number of anilines is 1. The molecule has 0 aromatic carbocycles. The van der Waals surface area contributed by atoms with Crippen LogP contribution in [-0.4, -0.2) is 54.2 Å². The summed E-state index contributed by atoms with van der Waals surface area (Å²) >= 11 is 7.13. The van der Waals surface area contributed by atoms with Crippen LogP contribution in [0, 0.1) is 11.3 Å². The summed E-state index contributed by atoms with van der Waals surface area (Å²) in [5, 5.41) is 9.90. The first-order valence-electron chi connectivity index (χ1n) is 10.5. The van der Waals surface area contributed by atoms with E-state index in [0.29, 0.717) is 23.0 Å². The standard InChI is InChI=1S/C22H34N4O2S2Si/c1-21(2,3)31(7,8)28-12-10-9-11-25-20(29)26(19(27)22(25,4)5)16-13-18(30-6)17(14-23)24-15-16/h13,15H,9-12H2,1-8H3. The molecule has 0 atom stereocenters. The maximum absolute atomic E-state index is 13.2. The van der Waals surface area contributed by atoms with E-state index in [0.717, 1.165) is 24.3 Å². The van der Waals surface area contributed by atoms with Crippen molar-refractivity contribution < 1.29 is 9.22 Å². The lowest BCUT2D eigenvalue weighted by atomic mass is 10.0. The lowest BCUT2D eigenvalue weighted by Gasteiger charge is -2.36. The van der Waals surface area contributed by atoms with E-state index in [2.05, 4.69) is 44.9 Å². The topological polar surface area (TPSA) is 69.5 Å². The molecule has 1 aromatic rings. The zero-order valence-corrected chi connectivity index (χ0v) is 22.5. The van der Waals surface area contributed by atoms with Crippen LogP contribution in [-0.2, 0) is 9.22 Å². The molecule has 2 heterocycles. The molecule has 9 heteroatoms. The van der Waals surface area contributed by atoms with Crippen LogP contribution >= 0.6 is 24.0 Å². The Bertz CT molecular complexity index is 890. The van der Waals surface area contributed by atoms with E-state index in [1.807, 2.05) is 31.1 Å². The first kappa shape index (κ1) is 25.8. The molecule has 1 amide bonds. The Morgan fingerprint density at radius 3 is 2.52 bits per heavy atom. The van der Waals surface area contributed by atoms with Gasteiger partial charge in [-0.3, -0.25) is 9.69 Å². The summed E-state index contributed by atoms with van der Waals surface area (Å²) in [6.45, 7) is 16.5. The number of rotatable bonds is 8. The molecule has 0 radical (unpaired) electrons. The highest BCUT2D eigenvalue weighted by molar-refractivity contribution is 7.98. The van der Waals surface area contributed by atoms with Gasteiger partial charge in [0.05, 0.1) is 11.9 Å². The minimum atomic E-state index is -1.74. The van der Waals surface area contributed by atoms with Gasteiger partial charge in [0.25, 0.3) is 5.91 Å². The number of amides is 1. The van der Waals surface area contributed by atoms with Crippen molar-refractivity contribution in [1.82, 2.24) is 9.88 Å². The smallest absolute Gasteiger partial charge is 0.258 e. The molecule has 6 nitrogen and oxygen atoms in total. The number of carbonyl (C=O) groups is 1. The molecular formula is C22H34N4O2S2Si. The second-order valence-electron chi connectivity index (χ2n) is 9.81. The SMILES string of the molecule is CSc1cc(N2C(=O)C(C)(C)N(CCCCO[Si](C)(C)C(C)(C)C)C2=S)cnc1C#N. The van der Waals surface area contributed by atoms with Crippen LogP contribution < -0.4 is 4.90 Å². The number of carbonyl (C=O) groups excluding carboxylic acids is 1. The summed E-state index contributed by atoms with van der Waals surface area (Å²) in [5.74, 6) is -0.0754. The van der Waals surface area contributed by atoms with E-state index in [1.165, 1.54) is 11.8 Å². The first-order chi connectivity index (χ1) is 14.3. The van der Waals surface area contributed by atoms with E-state index >= 15 is 0 Å². The Hall–Kier alpha value is -1.47. The second kappa shape index (κ2) is 9.57. The molecule has 2 rings (SSSR count). The molecular weight excluding hydrogens is 444 g/mol. The molecule has 0 aliphatic carbocycles. The fourth-order valence-electron chi connectivity index (χ4n) is 3.15. The molecule has 170 valence electrons. The minimum Gasteiger partial charge on any atom is -0.417 e. The number of nitriles is 1. The molecule has 1 aliphatic heterocycles. The number of thiocarbonyl (C=S) groups is 1. The van der Waals surface area contributed by atoms with E-state index in [4.69, 9.17) is 16.6 Å². The second-order valence-corrected chi connectivity index (χ2v) is 15.8. The maximum atomic E-state index is 13.2. The van der Waals surface area contributed by atoms with E-state index in [-0.39, 0.29) is 10.9 Å². The van der Waals surface area contributed by atoms with E-state index < -0.39 is 13.9 Å². The largest absolute Gasteiger partial charge is 0.417 e. The van der Waals surface area contributed by atoms with Crippen LogP contribution in [0.4, 0.5) is 5.69 Å². The van der Waals surface area contributed by atoms with Gasteiger partial charge in [0.1, 0.15) is 11.6 Å². The van der Waals surface area contributed by atoms with Crippen molar-refractivity contribution >= 4 is 49.0 Å². The number of unbranched alkanes of at least 4 members (excludes halogenated alkanes) is 1. The Labute approximate surface area is 197 Å². The highest BCUT2D eigenvalue weighted by Crippen LogP contribution is 2.37. The molecule has 0 saturated carbocycles. The van der Waals surface area contributed by atoms with Gasteiger partial charge in [0, 0.05) is 18.0 Å². The van der Waals surface area contributed by atoms with Gasteiger partial charge in [-0.25, -0.2) is 4.98 Å². The summed E-state index contributed by atoms with van der Waals surface area (Å²) in [7, 11) is -1.74. The molecule has 0 N–H and O–H groups in total. The minimum absolute atomic E-state index is 0.0754. The van der Waals surface area contributed by atoms with Crippen LogP contribution in [0.25, 0.3) is 0 Å². The van der Waals surface area contributed by atoms with Crippen molar-refractivity contribution in [1.29, 1.82) is 5.26 Å². The fourth-order valence-corrected chi connectivity index (χ4v) is 5.28. The van der Waals surface area contributed by atoms with Gasteiger partial charge in [0.2, 0.25) is 0 Å². The van der Waals surface area contributed by atoms with Crippen molar-refractivity contribution in [2.45, 2.75) is 76.0 Å². The van der Waals surface area contributed by atoms with Gasteiger partial charge >= 0.3 is 0 Å². The third-order valence-electron chi connectivity index (χ3n) is 6.29. The predicted octanol–water partition coefficient (Wildman–Crippen LogP) is 5.19. The van der Waals surface area contributed by atoms with Gasteiger partial charge in [0.15, 0.2) is 19.1 Å². The van der Waals surface area contributed by atoms with Gasteiger partial charge in [-0.15, -0.1) is 11.8 Å². The van der Waals surface area contributed by atoms with Crippen LogP contribution in [0.15, 0.2) is 17.2 Å². The molecule has 1 aromatic heterocycles. The van der Waals surface area contributed by atoms with Gasteiger partial charge < -0.3 is 9.33 Å². The summed E-state index contributed by atoms with van der Waals surface area (Å²) in [6, 6.07) is 3.90. The van der Waals surface area contributed by atoms with Gasteiger partial charge in [-0.05, 0) is 69.4 Å². The van der Waals surface area contributed by atoms with Crippen molar-refractivity contribution in [3.63, 3.8) is 0 Å². The number of hydrogen-bond acceptors (Lipinski definition) is 6. The Balaban J connectivity index is 2.07. The molecule has 31 heavy (non-hydrogen) atoms. The van der Waals surface area contributed by atoms with Gasteiger partial charge in [-0.2, -0.15) is 5.26 Å². The summed E-state index contributed by atoms with van der Waals surface area (Å²) < 4.78 is 6.27. The number of thioether (sulfide) groups is 1. The number of aromatic nitrogens is 1. The van der Waals surface area contributed by atoms with Crippen LogP contribution in [0.5, 0.6) is 0 Å². The quantitative estimate of drug-likeness (QED) is 0.220.